The van der Waals surface area contributed by atoms with Gasteiger partial charge in [-0.05, 0) is 95.0 Å². The standard InChI is InChI=1S/C20H36N2O.C10H11ClO/c1-8-19(10-9-18(6)23-7)11-12-21-15-20(13-16(2)3)22-14-17(4)5;1-3-8(2)12-10-6-4-9(11)5-7-10/h8-10,16,20-22H,1,4,11-15H2,2-3,5-7H3;3-7H,1-2H3/b18-9+,19-10+;8-3+. The maximum absolute atomic E-state index is 5.71. The second-order valence-corrected chi connectivity index (χ2v) is 9.44. The summed E-state index contributed by atoms with van der Waals surface area (Å²) in [5.74, 6) is 3.29. The summed E-state index contributed by atoms with van der Waals surface area (Å²) in [4.78, 5) is 0. The van der Waals surface area contributed by atoms with Crippen molar-refractivity contribution >= 4 is 11.6 Å². The Bertz CT molecular complexity index is 823. The van der Waals surface area contributed by atoms with Crippen LogP contribution in [-0.4, -0.2) is 32.8 Å². The van der Waals surface area contributed by atoms with Gasteiger partial charge in [0.05, 0.1) is 18.6 Å². The van der Waals surface area contributed by atoms with Crippen LogP contribution in [0.3, 0.4) is 0 Å². The van der Waals surface area contributed by atoms with Crippen molar-refractivity contribution in [2.75, 3.05) is 26.7 Å². The summed E-state index contributed by atoms with van der Waals surface area (Å²) in [5, 5.41) is 7.85. The van der Waals surface area contributed by atoms with Gasteiger partial charge in [-0.25, -0.2) is 0 Å². The molecule has 35 heavy (non-hydrogen) atoms. The van der Waals surface area contributed by atoms with Crippen LogP contribution < -0.4 is 15.4 Å². The number of rotatable bonds is 15. The lowest BCUT2D eigenvalue weighted by Crippen LogP contribution is -2.40. The van der Waals surface area contributed by atoms with Crippen LogP contribution in [-0.2, 0) is 4.74 Å². The molecule has 0 saturated carbocycles. The average molecular weight is 503 g/mol. The number of hydrogen-bond donors (Lipinski definition) is 2. The SMILES string of the molecule is C/C=C(\C)Oc1ccc(Cl)cc1.C=C/C(=C\C=C(/C)OC)CCNCC(CC(C)C)NCC(=C)C. The first-order valence-corrected chi connectivity index (χ1v) is 12.7. The molecule has 2 N–H and O–H groups in total. The van der Waals surface area contributed by atoms with Gasteiger partial charge in [0.2, 0.25) is 0 Å². The smallest absolute Gasteiger partial charge is 0.127 e. The molecule has 1 aromatic rings. The number of ether oxygens (including phenoxy) is 2. The fourth-order valence-electron chi connectivity index (χ4n) is 2.93. The third-order valence-electron chi connectivity index (χ3n) is 5.04. The number of nitrogens with one attached hydrogen (secondary N) is 2. The van der Waals surface area contributed by atoms with Gasteiger partial charge < -0.3 is 20.1 Å². The minimum absolute atomic E-state index is 0.485. The van der Waals surface area contributed by atoms with Crippen molar-refractivity contribution in [1.82, 2.24) is 10.6 Å². The number of methoxy groups -OCH3 is 1. The lowest BCUT2D eigenvalue weighted by molar-refractivity contribution is 0.294. The summed E-state index contributed by atoms with van der Waals surface area (Å²) >= 11 is 5.71. The molecule has 0 heterocycles. The molecule has 1 aromatic carbocycles. The van der Waals surface area contributed by atoms with Crippen molar-refractivity contribution in [2.45, 2.75) is 60.4 Å². The van der Waals surface area contributed by atoms with Crippen LogP contribution in [0.25, 0.3) is 0 Å². The van der Waals surface area contributed by atoms with Gasteiger partial charge in [-0.1, -0.05) is 56.3 Å². The van der Waals surface area contributed by atoms with Crippen molar-refractivity contribution in [3.05, 3.63) is 89.4 Å². The van der Waals surface area contributed by atoms with Crippen LogP contribution >= 0.6 is 11.6 Å². The van der Waals surface area contributed by atoms with Gasteiger partial charge >= 0.3 is 0 Å². The third kappa shape index (κ3) is 18.7. The first-order chi connectivity index (χ1) is 16.6. The Balaban J connectivity index is 0.000000801. The van der Waals surface area contributed by atoms with Crippen LogP contribution in [0.15, 0.2) is 84.4 Å². The molecular formula is C30H47ClN2O2. The van der Waals surface area contributed by atoms with E-state index in [-0.39, 0.29) is 0 Å². The Morgan fingerprint density at radius 2 is 1.74 bits per heavy atom. The molecule has 0 aliphatic heterocycles. The van der Waals surface area contributed by atoms with E-state index in [9.17, 15) is 0 Å². The lowest BCUT2D eigenvalue weighted by Gasteiger charge is -2.21. The van der Waals surface area contributed by atoms with Crippen LogP contribution in [0.1, 0.15) is 54.4 Å². The summed E-state index contributed by atoms with van der Waals surface area (Å²) in [6.45, 7) is 23.0. The fraction of sp³-hybridized carbons (Fsp3) is 0.467. The van der Waals surface area contributed by atoms with Gasteiger partial charge in [0.15, 0.2) is 0 Å². The summed E-state index contributed by atoms with van der Waals surface area (Å²) in [6, 6.07) is 7.78. The van der Waals surface area contributed by atoms with Gasteiger partial charge in [-0.15, -0.1) is 0 Å². The maximum atomic E-state index is 5.71. The van der Waals surface area contributed by atoms with Crippen LogP contribution in [0, 0.1) is 5.92 Å². The molecule has 1 unspecified atom stereocenters. The molecular weight excluding hydrogens is 456 g/mol. The Morgan fingerprint density at radius 1 is 1.09 bits per heavy atom. The van der Waals surface area contributed by atoms with Crippen LogP contribution in [0.5, 0.6) is 5.75 Å². The fourth-order valence-corrected chi connectivity index (χ4v) is 3.05. The van der Waals surface area contributed by atoms with E-state index in [0.717, 1.165) is 48.3 Å². The highest BCUT2D eigenvalue weighted by atomic mass is 35.5. The van der Waals surface area contributed by atoms with E-state index in [1.54, 1.807) is 19.2 Å². The van der Waals surface area contributed by atoms with Crippen LogP contribution in [0.2, 0.25) is 5.02 Å². The first-order valence-electron chi connectivity index (χ1n) is 12.3. The second-order valence-electron chi connectivity index (χ2n) is 9.00. The monoisotopic (exact) mass is 502 g/mol. The zero-order chi connectivity index (χ0) is 26.6. The second kappa shape index (κ2) is 20.0. The number of allylic oxidation sites excluding steroid dienone is 6. The molecule has 0 aromatic heterocycles. The van der Waals surface area contributed by atoms with Crippen molar-refractivity contribution in [3.63, 3.8) is 0 Å². The Morgan fingerprint density at radius 3 is 2.26 bits per heavy atom. The van der Waals surface area contributed by atoms with Gasteiger partial charge in [0.1, 0.15) is 5.75 Å². The molecule has 0 bridgehead atoms. The molecule has 1 atom stereocenters. The number of halogens is 1. The van der Waals surface area contributed by atoms with Crippen molar-refractivity contribution in [2.24, 2.45) is 5.92 Å². The topological polar surface area (TPSA) is 42.5 Å². The lowest BCUT2D eigenvalue weighted by atomic mass is 10.0. The van der Waals surface area contributed by atoms with Gasteiger partial charge in [-0.2, -0.15) is 0 Å². The van der Waals surface area contributed by atoms with E-state index in [1.165, 1.54) is 17.6 Å². The highest BCUT2D eigenvalue weighted by Crippen LogP contribution is 2.17. The Kier molecular flexibility index (Phi) is 18.7. The van der Waals surface area contributed by atoms with E-state index >= 15 is 0 Å². The van der Waals surface area contributed by atoms with Crippen LogP contribution in [0.4, 0.5) is 0 Å². The van der Waals surface area contributed by atoms with Crippen molar-refractivity contribution in [1.29, 1.82) is 0 Å². The summed E-state index contributed by atoms with van der Waals surface area (Å²) in [6.07, 6.45) is 10.00. The summed E-state index contributed by atoms with van der Waals surface area (Å²) in [7, 11) is 1.68. The minimum Gasteiger partial charge on any atom is -0.501 e. The molecule has 4 nitrogen and oxygen atoms in total. The first kappa shape index (κ1) is 32.7. The Labute approximate surface area is 219 Å². The molecule has 0 aliphatic carbocycles. The largest absolute Gasteiger partial charge is 0.501 e. The predicted octanol–water partition coefficient (Wildman–Crippen LogP) is 7.85. The summed E-state index contributed by atoms with van der Waals surface area (Å²) in [5.41, 5.74) is 2.39. The molecule has 1 rings (SSSR count). The molecule has 196 valence electrons. The Hall–Kier alpha value is -2.27. The highest BCUT2D eigenvalue weighted by Gasteiger charge is 2.09. The number of hydrogen-bond acceptors (Lipinski definition) is 4. The zero-order valence-corrected chi connectivity index (χ0v) is 23.7. The molecule has 5 heteroatoms. The molecule has 0 aliphatic rings. The molecule has 0 saturated heterocycles. The van der Waals surface area contributed by atoms with E-state index in [2.05, 4.69) is 50.6 Å². The number of benzene rings is 1. The van der Waals surface area contributed by atoms with Crippen molar-refractivity contribution < 1.29 is 9.47 Å². The molecule has 0 spiro atoms. The maximum Gasteiger partial charge on any atom is 0.127 e. The molecule has 0 amide bonds. The summed E-state index contributed by atoms with van der Waals surface area (Å²) < 4.78 is 10.6. The van der Waals surface area contributed by atoms with Gasteiger partial charge in [-0.3, -0.25) is 0 Å². The normalized spacial score (nSPS) is 13.1. The van der Waals surface area contributed by atoms with E-state index in [0.29, 0.717) is 12.0 Å². The van der Waals surface area contributed by atoms with E-state index < -0.39 is 0 Å². The average Bonchev–Trinajstić information content (AvgIpc) is 2.82. The third-order valence-corrected chi connectivity index (χ3v) is 5.30. The minimum atomic E-state index is 0.485. The van der Waals surface area contributed by atoms with Crippen molar-refractivity contribution in [3.8, 4) is 5.75 Å². The van der Waals surface area contributed by atoms with Gasteiger partial charge in [0.25, 0.3) is 0 Å². The molecule has 0 fully saturated rings. The highest BCUT2D eigenvalue weighted by molar-refractivity contribution is 6.30. The van der Waals surface area contributed by atoms with Gasteiger partial charge in [0, 0.05) is 24.2 Å². The van der Waals surface area contributed by atoms with E-state index in [4.69, 9.17) is 21.1 Å². The predicted molar refractivity (Wildman–Crippen MR) is 154 cm³/mol. The zero-order valence-electron chi connectivity index (χ0n) is 22.9. The quantitative estimate of drug-likeness (QED) is 0.111. The van der Waals surface area contributed by atoms with E-state index in [1.807, 2.05) is 51.1 Å². The molecule has 0 radical (unpaired) electrons.